The first kappa shape index (κ1) is 15.6. The number of fused-ring (bicyclic) bond motifs is 1. The maximum absolute atomic E-state index is 13.0. The lowest BCUT2D eigenvalue weighted by atomic mass is 9.82. The highest BCUT2D eigenvalue weighted by Crippen LogP contribution is 2.36. The molecule has 0 aromatic carbocycles. The van der Waals surface area contributed by atoms with Gasteiger partial charge in [-0.3, -0.25) is 9.69 Å². The normalized spacial score (nSPS) is 31.5. The summed E-state index contributed by atoms with van der Waals surface area (Å²) in [7, 11) is 0. The van der Waals surface area contributed by atoms with Crippen molar-refractivity contribution in [3.63, 3.8) is 0 Å². The molecule has 126 valence electrons. The van der Waals surface area contributed by atoms with Crippen molar-refractivity contribution in [3.05, 3.63) is 21.9 Å². The summed E-state index contributed by atoms with van der Waals surface area (Å²) in [4.78, 5) is 20.3. The predicted octanol–water partition coefficient (Wildman–Crippen LogP) is 2.52. The average molecular weight is 334 g/mol. The third-order valence-electron chi connectivity index (χ3n) is 5.58. The Hall–Kier alpha value is -0.910. The Morgan fingerprint density at radius 3 is 2.87 bits per heavy atom. The number of hydrogen-bond acceptors (Lipinski definition) is 4. The fraction of sp³-hybridized carbons (Fsp3) is 0.722. The van der Waals surface area contributed by atoms with E-state index in [0.29, 0.717) is 11.8 Å². The zero-order valence-corrected chi connectivity index (χ0v) is 14.7. The fourth-order valence-corrected chi connectivity index (χ4v) is 5.34. The molecular formula is C18H26N2O2S. The van der Waals surface area contributed by atoms with Crippen LogP contribution in [0.2, 0.25) is 0 Å². The van der Waals surface area contributed by atoms with E-state index in [4.69, 9.17) is 4.74 Å². The minimum absolute atomic E-state index is 0.135. The van der Waals surface area contributed by atoms with E-state index in [-0.39, 0.29) is 12.0 Å². The molecule has 0 bridgehead atoms. The molecule has 0 aliphatic carbocycles. The predicted molar refractivity (Wildman–Crippen MR) is 91.5 cm³/mol. The molecule has 23 heavy (non-hydrogen) atoms. The quantitative estimate of drug-likeness (QED) is 0.851. The fourth-order valence-electron chi connectivity index (χ4n) is 4.41. The Bertz CT molecular complexity index is 567. The molecule has 3 saturated heterocycles. The summed E-state index contributed by atoms with van der Waals surface area (Å²) in [5.41, 5.74) is 0. The number of amides is 1. The number of likely N-dealkylation sites (tertiary alicyclic amines) is 2. The van der Waals surface area contributed by atoms with Crippen LogP contribution < -0.4 is 0 Å². The first-order valence-corrected chi connectivity index (χ1v) is 9.70. The van der Waals surface area contributed by atoms with Gasteiger partial charge >= 0.3 is 0 Å². The number of hydrogen-bond donors (Lipinski definition) is 0. The van der Waals surface area contributed by atoms with Gasteiger partial charge in [-0.2, -0.15) is 0 Å². The molecule has 3 aliphatic rings. The standard InChI is InChI=1S/C18H26N2O2S/c1-13-4-5-14(23-13)10-19-11-16(15-6-9-22-17(15)12-19)18(21)20-7-2-3-8-20/h4-5,15-17H,2-3,6-12H2,1H3/t15-,16-,17+/m0/s1. The third kappa shape index (κ3) is 3.19. The number of carbonyl (C=O) groups excluding carboxylic acids is 1. The number of rotatable bonds is 3. The molecule has 0 saturated carbocycles. The van der Waals surface area contributed by atoms with Gasteiger partial charge in [0.2, 0.25) is 5.91 Å². The third-order valence-corrected chi connectivity index (χ3v) is 6.57. The van der Waals surface area contributed by atoms with Gasteiger partial charge in [-0.15, -0.1) is 11.3 Å². The monoisotopic (exact) mass is 334 g/mol. The smallest absolute Gasteiger partial charge is 0.227 e. The van der Waals surface area contributed by atoms with Crippen molar-refractivity contribution >= 4 is 17.2 Å². The lowest BCUT2D eigenvalue weighted by Gasteiger charge is -2.40. The van der Waals surface area contributed by atoms with Crippen LogP contribution in [0.5, 0.6) is 0 Å². The highest BCUT2D eigenvalue weighted by molar-refractivity contribution is 7.11. The Labute approximate surface area is 142 Å². The van der Waals surface area contributed by atoms with Crippen molar-refractivity contribution in [3.8, 4) is 0 Å². The van der Waals surface area contributed by atoms with E-state index in [1.165, 1.54) is 22.6 Å². The van der Waals surface area contributed by atoms with E-state index in [0.717, 1.165) is 45.8 Å². The summed E-state index contributed by atoms with van der Waals surface area (Å²) in [5.74, 6) is 0.954. The molecule has 1 aromatic heterocycles. The van der Waals surface area contributed by atoms with Crippen LogP contribution in [-0.4, -0.2) is 54.6 Å². The zero-order valence-electron chi connectivity index (χ0n) is 13.9. The van der Waals surface area contributed by atoms with E-state index in [2.05, 4.69) is 28.9 Å². The molecule has 1 amide bonds. The number of ether oxygens (including phenoxy) is 1. The van der Waals surface area contributed by atoms with Crippen LogP contribution in [0.3, 0.4) is 0 Å². The average Bonchev–Trinajstić information content (AvgIpc) is 3.26. The summed E-state index contributed by atoms with van der Waals surface area (Å²) < 4.78 is 5.96. The second-order valence-corrected chi connectivity index (χ2v) is 8.58. The molecule has 4 heterocycles. The van der Waals surface area contributed by atoms with Crippen LogP contribution in [-0.2, 0) is 16.1 Å². The summed E-state index contributed by atoms with van der Waals surface area (Å²) >= 11 is 1.86. The summed E-state index contributed by atoms with van der Waals surface area (Å²) in [6, 6.07) is 4.41. The zero-order chi connectivity index (χ0) is 15.8. The lowest BCUT2D eigenvalue weighted by molar-refractivity contribution is -0.140. The van der Waals surface area contributed by atoms with Gasteiger partial charge < -0.3 is 9.64 Å². The van der Waals surface area contributed by atoms with Crippen LogP contribution in [0, 0.1) is 18.8 Å². The van der Waals surface area contributed by atoms with Crippen LogP contribution in [0.15, 0.2) is 12.1 Å². The Balaban J connectivity index is 1.48. The Morgan fingerprint density at radius 2 is 2.13 bits per heavy atom. The molecule has 1 aromatic rings. The highest BCUT2D eigenvalue weighted by Gasteiger charge is 2.45. The van der Waals surface area contributed by atoms with Crippen molar-refractivity contribution in [1.29, 1.82) is 0 Å². The van der Waals surface area contributed by atoms with E-state index in [9.17, 15) is 4.79 Å². The van der Waals surface area contributed by atoms with Gasteiger partial charge in [0.15, 0.2) is 0 Å². The lowest BCUT2D eigenvalue weighted by Crippen LogP contribution is -2.52. The van der Waals surface area contributed by atoms with E-state index >= 15 is 0 Å². The summed E-state index contributed by atoms with van der Waals surface area (Å²) in [5, 5.41) is 0. The minimum atomic E-state index is 0.135. The Kier molecular flexibility index (Phi) is 4.43. The topological polar surface area (TPSA) is 32.8 Å². The van der Waals surface area contributed by atoms with Crippen molar-refractivity contribution in [2.75, 3.05) is 32.8 Å². The number of aryl methyl sites for hydroxylation is 1. The first-order valence-electron chi connectivity index (χ1n) is 8.89. The molecule has 4 nitrogen and oxygen atoms in total. The number of thiophene rings is 1. The van der Waals surface area contributed by atoms with Crippen molar-refractivity contribution in [2.24, 2.45) is 11.8 Å². The molecule has 0 radical (unpaired) electrons. The second kappa shape index (κ2) is 6.54. The number of nitrogens with zero attached hydrogens (tertiary/aromatic N) is 2. The van der Waals surface area contributed by atoms with Gasteiger partial charge in [-0.25, -0.2) is 0 Å². The molecule has 3 aliphatic heterocycles. The van der Waals surface area contributed by atoms with E-state index in [1.807, 2.05) is 11.3 Å². The van der Waals surface area contributed by atoms with Gasteiger partial charge in [-0.05, 0) is 38.3 Å². The molecule has 4 rings (SSSR count). The highest BCUT2D eigenvalue weighted by atomic mass is 32.1. The maximum Gasteiger partial charge on any atom is 0.227 e. The van der Waals surface area contributed by atoms with Gasteiger partial charge in [-0.1, -0.05) is 0 Å². The molecule has 0 unspecified atom stereocenters. The summed E-state index contributed by atoms with van der Waals surface area (Å²) in [6.45, 7) is 7.72. The molecule has 0 spiro atoms. The van der Waals surface area contributed by atoms with Crippen LogP contribution in [0.25, 0.3) is 0 Å². The van der Waals surface area contributed by atoms with E-state index < -0.39 is 0 Å². The van der Waals surface area contributed by atoms with Gasteiger partial charge in [0.05, 0.1) is 12.0 Å². The molecule has 0 N–H and O–H groups in total. The maximum atomic E-state index is 13.0. The Morgan fingerprint density at radius 1 is 1.30 bits per heavy atom. The number of carbonyl (C=O) groups is 1. The SMILES string of the molecule is Cc1ccc(CN2C[C@H](C(=O)N3CCCC3)[C@@H]3CCO[C@@H]3C2)s1. The molecule has 5 heteroatoms. The first-order chi connectivity index (χ1) is 11.2. The van der Waals surface area contributed by atoms with Crippen molar-refractivity contribution in [1.82, 2.24) is 9.80 Å². The van der Waals surface area contributed by atoms with Crippen molar-refractivity contribution in [2.45, 2.75) is 38.8 Å². The van der Waals surface area contributed by atoms with Gasteiger partial charge in [0.1, 0.15) is 0 Å². The minimum Gasteiger partial charge on any atom is -0.377 e. The molecule has 3 atom stereocenters. The van der Waals surface area contributed by atoms with Crippen LogP contribution in [0.1, 0.15) is 29.0 Å². The largest absolute Gasteiger partial charge is 0.377 e. The second-order valence-electron chi connectivity index (χ2n) is 7.21. The van der Waals surface area contributed by atoms with E-state index in [1.54, 1.807) is 0 Å². The van der Waals surface area contributed by atoms with Crippen LogP contribution >= 0.6 is 11.3 Å². The molecule has 3 fully saturated rings. The molecular weight excluding hydrogens is 308 g/mol. The van der Waals surface area contributed by atoms with Crippen LogP contribution in [0.4, 0.5) is 0 Å². The van der Waals surface area contributed by atoms with Crippen molar-refractivity contribution < 1.29 is 9.53 Å². The summed E-state index contributed by atoms with van der Waals surface area (Å²) in [6.07, 6.45) is 3.64. The van der Waals surface area contributed by atoms with Gasteiger partial charge in [0, 0.05) is 55.0 Å². The number of piperidine rings is 1. The van der Waals surface area contributed by atoms with Gasteiger partial charge in [0.25, 0.3) is 0 Å².